The fourth-order valence-electron chi connectivity index (χ4n) is 2.28. The molecule has 0 bridgehead atoms. The molecule has 130 valence electrons. The number of aromatic nitrogens is 5. The summed E-state index contributed by atoms with van der Waals surface area (Å²) in [6, 6.07) is 7.41. The van der Waals surface area contributed by atoms with Gasteiger partial charge >= 0.3 is 5.97 Å². The molecule has 0 fully saturated rings. The second-order valence-electron chi connectivity index (χ2n) is 5.09. The predicted octanol–water partition coefficient (Wildman–Crippen LogP) is 2.26. The molecule has 3 aromatic rings. The van der Waals surface area contributed by atoms with E-state index in [9.17, 15) is 4.79 Å². The van der Waals surface area contributed by atoms with Crippen molar-refractivity contribution in [1.29, 1.82) is 0 Å². The van der Waals surface area contributed by atoms with Crippen LogP contribution in [-0.2, 0) is 9.53 Å². The number of carbonyl (C=O) groups is 1. The van der Waals surface area contributed by atoms with Crippen LogP contribution in [0.25, 0.3) is 16.9 Å². The summed E-state index contributed by atoms with van der Waals surface area (Å²) in [5, 5.41) is 8.61. The van der Waals surface area contributed by atoms with E-state index in [1.165, 1.54) is 25.2 Å². The molecular weight excluding hydrogens is 342 g/mol. The summed E-state index contributed by atoms with van der Waals surface area (Å²) in [4.78, 5) is 20.4. The number of nitrogens with zero attached hydrogens (tertiary/aromatic N) is 5. The monoisotopic (exact) mass is 359 g/mol. The quantitative estimate of drug-likeness (QED) is 0.376. The minimum absolute atomic E-state index is 0.290. The number of benzene rings is 1. The normalized spacial score (nSPS) is 12.1. The number of carbonyl (C=O) groups excluding carboxylic acids is 1. The number of ether oxygens (including phenoxy) is 2. The molecule has 0 saturated carbocycles. The standard InChI is InChI=1S/C16H17N5O3S/c1-4-12(16(22)24-3)25-15-13-14(17-9-18-15)21(20-19-13)10-5-7-11(23-2)8-6-10/h5-9,12H,4H2,1-3H3/t12-/m0/s1. The molecule has 0 N–H and O–H groups in total. The Balaban J connectivity index is 1.98. The van der Waals surface area contributed by atoms with Crippen LogP contribution in [0.1, 0.15) is 13.3 Å². The van der Waals surface area contributed by atoms with Crippen molar-refractivity contribution in [2.24, 2.45) is 0 Å². The lowest BCUT2D eigenvalue weighted by molar-refractivity contribution is -0.140. The van der Waals surface area contributed by atoms with Crippen LogP contribution in [0, 0.1) is 0 Å². The summed E-state index contributed by atoms with van der Waals surface area (Å²) in [6.45, 7) is 1.92. The molecule has 1 atom stereocenters. The summed E-state index contributed by atoms with van der Waals surface area (Å²) in [5.74, 6) is 0.463. The highest BCUT2D eigenvalue weighted by molar-refractivity contribution is 8.00. The van der Waals surface area contributed by atoms with Crippen LogP contribution in [0.5, 0.6) is 5.75 Å². The Labute approximate surface area is 148 Å². The third-order valence-electron chi connectivity index (χ3n) is 3.61. The largest absolute Gasteiger partial charge is 0.497 e. The zero-order valence-corrected chi connectivity index (χ0v) is 14.9. The molecule has 0 spiro atoms. The van der Waals surface area contributed by atoms with E-state index in [4.69, 9.17) is 9.47 Å². The predicted molar refractivity (Wildman–Crippen MR) is 93.0 cm³/mol. The van der Waals surface area contributed by atoms with Gasteiger partial charge in [0, 0.05) is 0 Å². The highest BCUT2D eigenvalue weighted by atomic mass is 32.2. The van der Waals surface area contributed by atoms with Gasteiger partial charge in [0.15, 0.2) is 11.2 Å². The average Bonchev–Trinajstić information content (AvgIpc) is 3.10. The summed E-state index contributed by atoms with van der Waals surface area (Å²) in [7, 11) is 2.99. The molecule has 8 nitrogen and oxygen atoms in total. The maximum atomic E-state index is 11.8. The second kappa shape index (κ2) is 7.47. The maximum Gasteiger partial charge on any atom is 0.319 e. The SMILES string of the molecule is CC[C@H](Sc1ncnc2c1nnn2-c1ccc(OC)cc1)C(=O)OC. The number of hydrogen-bond acceptors (Lipinski definition) is 8. The lowest BCUT2D eigenvalue weighted by Gasteiger charge is -2.11. The fraction of sp³-hybridized carbons (Fsp3) is 0.312. The zero-order chi connectivity index (χ0) is 17.8. The van der Waals surface area contributed by atoms with E-state index >= 15 is 0 Å². The van der Waals surface area contributed by atoms with E-state index in [1.807, 2.05) is 31.2 Å². The van der Waals surface area contributed by atoms with Crippen molar-refractivity contribution in [3.63, 3.8) is 0 Å². The van der Waals surface area contributed by atoms with E-state index in [0.717, 1.165) is 11.4 Å². The maximum absolute atomic E-state index is 11.8. The molecule has 3 rings (SSSR count). The molecule has 0 saturated heterocycles. The molecule has 0 amide bonds. The average molecular weight is 359 g/mol. The summed E-state index contributed by atoms with van der Waals surface area (Å²) >= 11 is 1.30. The van der Waals surface area contributed by atoms with Gasteiger partial charge in [0.1, 0.15) is 22.4 Å². The van der Waals surface area contributed by atoms with Crippen LogP contribution in [0.3, 0.4) is 0 Å². The van der Waals surface area contributed by atoms with E-state index < -0.39 is 0 Å². The Hall–Kier alpha value is -2.68. The van der Waals surface area contributed by atoms with Crippen LogP contribution in [-0.4, -0.2) is 50.4 Å². The van der Waals surface area contributed by atoms with Crippen LogP contribution in [0.2, 0.25) is 0 Å². The summed E-state index contributed by atoms with van der Waals surface area (Å²) < 4.78 is 11.6. The molecule has 0 radical (unpaired) electrons. The first-order valence-electron chi connectivity index (χ1n) is 7.63. The molecule has 25 heavy (non-hydrogen) atoms. The molecular formula is C16H17N5O3S. The highest BCUT2D eigenvalue weighted by Crippen LogP contribution is 2.29. The lowest BCUT2D eigenvalue weighted by atomic mass is 10.3. The summed E-state index contributed by atoms with van der Waals surface area (Å²) in [5.41, 5.74) is 1.92. The molecule has 1 aromatic carbocycles. The van der Waals surface area contributed by atoms with Gasteiger partial charge in [-0.05, 0) is 30.7 Å². The molecule has 9 heteroatoms. The second-order valence-corrected chi connectivity index (χ2v) is 6.28. The van der Waals surface area contributed by atoms with E-state index in [0.29, 0.717) is 22.6 Å². The minimum atomic E-state index is -0.353. The molecule has 0 aliphatic heterocycles. The summed E-state index contributed by atoms with van der Waals surface area (Å²) in [6.07, 6.45) is 2.06. The Kier molecular flexibility index (Phi) is 5.13. The number of fused-ring (bicyclic) bond motifs is 1. The Bertz CT molecular complexity index is 881. The van der Waals surface area contributed by atoms with Crippen LogP contribution >= 0.6 is 11.8 Å². The number of hydrogen-bond donors (Lipinski definition) is 0. The van der Waals surface area contributed by atoms with Gasteiger partial charge in [0.2, 0.25) is 0 Å². The molecule has 0 aliphatic carbocycles. The van der Waals surface area contributed by atoms with Crippen molar-refractivity contribution >= 4 is 28.9 Å². The van der Waals surface area contributed by atoms with Crippen molar-refractivity contribution < 1.29 is 14.3 Å². The van der Waals surface area contributed by atoms with Crippen molar-refractivity contribution in [2.75, 3.05) is 14.2 Å². The lowest BCUT2D eigenvalue weighted by Crippen LogP contribution is -2.17. The van der Waals surface area contributed by atoms with E-state index in [1.54, 1.807) is 11.8 Å². The molecule has 0 aliphatic rings. The zero-order valence-electron chi connectivity index (χ0n) is 14.0. The Morgan fingerprint density at radius 3 is 2.64 bits per heavy atom. The van der Waals surface area contributed by atoms with Gasteiger partial charge in [-0.25, -0.2) is 9.97 Å². The third-order valence-corrected chi connectivity index (χ3v) is 4.94. The van der Waals surface area contributed by atoms with Crippen molar-refractivity contribution in [3.8, 4) is 11.4 Å². The fourth-order valence-corrected chi connectivity index (χ4v) is 3.26. The van der Waals surface area contributed by atoms with Crippen molar-refractivity contribution in [3.05, 3.63) is 30.6 Å². The van der Waals surface area contributed by atoms with Gasteiger partial charge in [0.05, 0.1) is 19.9 Å². The van der Waals surface area contributed by atoms with Crippen LogP contribution in [0.4, 0.5) is 0 Å². The van der Waals surface area contributed by atoms with Gasteiger partial charge in [0.25, 0.3) is 0 Å². The molecule has 0 unspecified atom stereocenters. The first kappa shape index (κ1) is 17.2. The third kappa shape index (κ3) is 3.41. The Morgan fingerprint density at radius 1 is 1.24 bits per heavy atom. The van der Waals surface area contributed by atoms with Gasteiger partial charge in [-0.15, -0.1) is 5.10 Å². The van der Waals surface area contributed by atoms with Gasteiger partial charge in [-0.3, -0.25) is 4.79 Å². The number of thioether (sulfide) groups is 1. The van der Waals surface area contributed by atoms with Crippen molar-refractivity contribution in [2.45, 2.75) is 23.6 Å². The first-order valence-corrected chi connectivity index (χ1v) is 8.51. The highest BCUT2D eigenvalue weighted by Gasteiger charge is 2.22. The van der Waals surface area contributed by atoms with Gasteiger partial charge in [-0.1, -0.05) is 23.9 Å². The Morgan fingerprint density at radius 2 is 2.00 bits per heavy atom. The number of esters is 1. The van der Waals surface area contributed by atoms with Crippen molar-refractivity contribution in [1.82, 2.24) is 25.0 Å². The topological polar surface area (TPSA) is 92.0 Å². The number of rotatable bonds is 6. The van der Waals surface area contributed by atoms with Crippen LogP contribution in [0.15, 0.2) is 35.6 Å². The van der Waals surface area contributed by atoms with Gasteiger partial charge in [-0.2, -0.15) is 4.68 Å². The number of methoxy groups -OCH3 is 2. The minimum Gasteiger partial charge on any atom is -0.497 e. The van der Waals surface area contributed by atoms with Gasteiger partial charge < -0.3 is 9.47 Å². The van der Waals surface area contributed by atoms with E-state index in [-0.39, 0.29) is 11.2 Å². The smallest absolute Gasteiger partial charge is 0.319 e. The molecule has 2 heterocycles. The van der Waals surface area contributed by atoms with Crippen LogP contribution < -0.4 is 4.74 Å². The first-order chi connectivity index (χ1) is 12.2. The van der Waals surface area contributed by atoms with E-state index in [2.05, 4.69) is 20.3 Å². The molecule has 2 aromatic heterocycles.